The summed E-state index contributed by atoms with van der Waals surface area (Å²) in [6.07, 6.45) is 0.577. The highest BCUT2D eigenvalue weighted by Crippen LogP contribution is 2.28. The van der Waals surface area contributed by atoms with E-state index >= 15 is 0 Å². The first-order valence-electron chi connectivity index (χ1n) is 5.91. The minimum atomic E-state index is -2.54. The fourth-order valence-corrected chi connectivity index (χ4v) is 2.28. The van der Waals surface area contributed by atoms with Gasteiger partial charge in [0.1, 0.15) is 0 Å². The normalized spacial score (nSPS) is 20.4. The number of nitrogen functional groups attached to an aromatic ring is 1. The second kappa shape index (κ2) is 4.61. The van der Waals surface area contributed by atoms with Crippen molar-refractivity contribution in [2.45, 2.75) is 32.2 Å². The molecular formula is C13H18F2N2. The highest BCUT2D eigenvalue weighted by molar-refractivity contribution is 5.44. The zero-order valence-electron chi connectivity index (χ0n) is 10.0. The maximum Gasteiger partial charge on any atom is 0.260 e. The molecule has 0 aromatic heterocycles. The summed E-state index contributed by atoms with van der Waals surface area (Å²) >= 11 is 0. The Labute approximate surface area is 100 Å². The Morgan fingerprint density at radius 3 is 2.88 bits per heavy atom. The van der Waals surface area contributed by atoms with E-state index in [-0.39, 0.29) is 13.0 Å². The van der Waals surface area contributed by atoms with Crippen LogP contribution in [0.1, 0.15) is 24.0 Å². The third-order valence-corrected chi connectivity index (χ3v) is 3.24. The molecule has 1 saturated heterocycles. The van der Waals surface area contributed by atoms with Gasteiger partial charge in [-0.25, -0.2) is 8.78 Å². The van der Waals surface area contributed by atoms with Crippen molar-refractivity contribution in [3.63, 3.8) is 0 Å². The molecule has 2 nitrogen and oxygen atoms in total. The van der Waals surface area contributed by atoms with Gasteiger partial charge in [0, 0.05) is 18.7 Å². The lowest BCUT2D eigenvalue weighted by atomic mass is 10.0. The van der Waals surface area contributed by atoms with Crippen LogP contribution in [0, 0.1) is 6.92 Å². The Morgan fingerprint density at radius 1 is 1.41 bits per heavy atom. The molecule has 2 N–H and O–H groups in total. The maximum absolute atomic E-state index is 13.3. The van der Waals surface area contributed by atoms with Crippen LogP contribution in [0.25, 0.3) is 0 Å². The molecule has 0 saturated carbocycles. The zero-order valence-corrected chi connectivity index (χ0v) is 10.0. The number of anilines is 1. The first-order chi connectivity index (χ1) is 7.96. The van der Waals surface area contributed by atoms with Crippen molar-refractivity contribution >= 4 is 5.69 Å². The fourth-order valence-electron chi connectivity index (χ4n) is 2.28. The number of nitrogens with two attached hydrogens (primary N) is 1. The van der Waals surface area contributed by atoms with Crippen LogP contribution in [0.5, 0.6) is 0 Å². The number of rotatable bonds is 2. The van der Waals surface area contributed by atoms with Crippen molar-refractivity contribution in [1.82, 2.24) is 4.90 Å². The third-order valence-electron chi connectivity index (χ3n) is 3.24. The van der Waals surface area contributed by atoms with E-state index in [1.807, 2.05) is 30.0 Å². The molecule has 1 aliphatic rings. The van der Waals surface area contributed by atoms with Crippen LogP contribution in [0.4, 0.5) is 14.5 Å². The van der Waals surface area contributed by atoms with Gasteiger partial charge in [0.15, 0.2) is 0 Å². The minimum absolute atomic E-state index is 0.0133. The van der Waals surface area contributed by atoms with Crippen molar-refractivity contribution in [3.8, 4) is 0 Å². The third kappa shape index (κ3) is 3.16. The molecule has 1 aromatic rings. The van der Waals surface area contributed by atoms with E-state index < -0.39 is 5.92 Å². The van der Waals surface area contributed by atoms with E-state index in [0.717, 1.165) is 17.7 Å². The lowest BCUT2D eigenvalue weighted by Crippen LogP contribution is -2.42. The standard InChI is InChI=1S/C13H18F2N2/c1-10-3-4-12(16)7-11(10)8-17-6-2-5-13(14,15)9-17/h3-4,7H,2,5-6,8-9,16H2,1H3. The van der Waals surface area contributed by atoms with Crippen molar-refractivity contribution in [2.24, 2.45) is 0 Å². The van der Waals surface area contributed by atoms with Gasteiger partial charge in [-0.05, 0) is 43.1 Å². The van der Waals surface area contributed by atoms with Gasteiger partial charge in [0.25, 0.3) is 5.92 Å². The summed E-state index contributed by atoms with van der Waals surface area (Å²) in [7, 11) is 0. The monoisotopic (exact) mass is 240 g/mol. The number of likely N-dealkylation sites (tertiary alicyclic amines) is 1. The Morgan fingerprint density at radius 2 is 2.18 bits per heavy atom. The Hall–Kier alpha value is -1.16. The molecule has 0 atom stereocenters. The molecule has 17 heavy (non-hydrogen) atoms. The summed E-state index contributed by atoms with van der Waals surface area (Å²) in [5, 5.41) is 0. The number of hydrogen-bond donors (Lipinski definition) is 1. The average molecular weight is 240 g/mol. The molecular weight excluding hydrogens is 222 g/mol. The topological polar surface area (TPSA) is 29.3 Å². The van der Waals surface area contributed by atoms with Crippen LogP contribution in [-0.2, 0) is 6.54 Å². The van der Waals surface area contributed by atoms with Gasteiger partial charge < -0.3 is 5.73 Å². The van der Waals surface area contributed by atoms with Crippen LogP contribution in [0.15, 0.2) is 18.2 Å². The summed E-state index contributed by atoms with van der Waals surface area (Å²) < 4.78 is 26.5. The average Bonchev–Trinajstić information content (AvgIpc) is 2.22. The number of alkyl halides is 2. The number of halogens is 2. The fraction of sp³-hybridized carbons (Fsp3) is 0.538. The number of nitrogens with zero attached hydrogens (tertiary/aromatic N) is 1. The van der Waals surface area contributed by atoms with E-state index in [1.165, 1.54) is 0 Å². The lowest BCUT2D eigenvalue weighted by molar-refractivity contribution is -0.0661. The molecule has 4 heteroatoms. The summed E-state index contributed by atoms with van der Waals surface area (Å²) in [4.78, 5) is 1.81. The van der Waals surface area contributed by atoms with E-state index in [9.17, 15) is 8.78 Å². The second-order valence-corrected chi connectivity index (χ2v) is 4.86. The number of aryl methyl sites for hydroxylation is 1. The zero-order chi connectivity index (χ0) is 12.5. The molecule has 1 aromatic carbocycles. The molecule has 2 rings (SSSR count). The van der Waals surface area contributed by atoms with Gasteiger partial charge in [-0.15, -0.1) is 0 Å². The molecule has 1 aliphatic heterocycles. The molecule has 0 spiro atoms. The number of benzene rings is 1. The smallest absolute Gasteiger partial charge is 0.260 e. The minimum Gasteiger partial charge on any atom is -0.399 e. The maximum atomic E-state index is 13.3. The van der Waals surface area contributed by atoms with Crippen molar-refractivity contribution in [3.05, 3.63) is 29.3 Å². The van der Waals surface area contributed by atoms with Gasteiger partial charge >= 0.3 is 0 Å². The predicted octanol–water partition coefficient (Wildman–Crippen LogP) is 2.81. The van der Waals surface area contributed by atoms with Crippen LogP contribution >= 0.6 is 0 Å². The SMILES string of the molecule is Cc1ccc(N)cc1CN1CCCC(F)(F)C1. The van der Waals surface area contributed by atoms with Crippen LogP contribution in [-0.4, -0.2) is 23.9 Å². The van der Waals surface area contributed by atoms with E-state index in [0.29, 0.717) is 18.7 Å². The van der Waals surface area contributed by atoms with Gasteiger partial charge in [0.2, 0.25) is 0 Å². The molecule has 1 fully saturated rings. The molecule has 0 unspecified atom stereocenters. The van der Waals surface area contributed by atoms with Crippen molar-refractivity contribution in [2.75, 3.05) is 18.8 Å². The van der Waals surface area contributed by atoms with Gasteiger partial charge in [-0.1, -0.05) is 6.07 Å². The first-order valence-corrected chi connectivity index (χ1v) is 5.91. The Kier molecular flexibility index (Phi) is 3.33. The summed E-state index contributed by atoms with van der Waals surface area (Å²) in [6, 6.07) is 5.65. The number of piperidine rings is 1. The molecule has 94 valence electrons. The molecule has 0 amide bonds. The molecule has 0 aliphatic carbocycles. The molecule has 0 bridgehead atoms. The van der Waals surface area contributed by atoms with E-state index in [4.69, 9.17) is 5.73 Å². The largest absolute Gasteiger partial charge is 0.399 e. The van der Waals surface area contributed by atoms with Gasteiger partial charge in [-0.2, -0.15) is 0 Å². The number of hydrogen-bond acceptors (Lipinski definition) is 2. The van der Waals surface area contributed by atoms with Crippen molar-refractivity contribution < 1.29 is 8.78 Å². The summed E-state index contributed by atoms with van der Waals surface area (Å²) in [5.41, 5.74) is 8.56. The molecule has 1 heterocycles. The van der Waals surface area contributed by atoms with Crippen LogP contribution in [0.3, 0.4) is 0 Å². The predicted molar refractivity (Wildman–Crippen MR) is 65.0 cm³/mol. The lowest BCUT2D eigenvalue weighted by Gasteiger charge is -2.32. The Balaban J connectivity index is 2.07. The summed E-state index contributed by atoms with van der Waals surface area (Å²) in [5.74, 6) is -2.54. The molecule has 0 radical (unpaired) electrons. The van der Waals surface area contributed by atoms with Gasteiger partial charge in [-0.3, -0.25) is 4.90 Å². The van der Waals surface area contributed by atoms with E-state index in [2.05, 4.69) is 0 Å². The second-order valence-electron chi connectivity index (χ2n) is 4.86. The van der Waals surface area contributed by atoms with Crippen LogP contribution in [0.2, 0.25) is 0 Å². The van der Waals surface area contributed by atoms with E-state index in [1.54, 1.807) is 0 Å². The first kappa shape index (κ1) is 12.3. The van der Waals surface area contributed by atoms with Gasteiger partial charge in [0.05, 0.1) is 6.54 Å². The quantitative estimate of drug-likeness (QED) is 0.805. The van der Waals surface area contributed by atoms with Crippen LogP contribution < -0.4 is 5.73 Å². The Bertz CT molecular complexity index is 404. The highest BCUT2D eigenvalue weighted by atomic mass is 19.3. The van der Waals surface area contributed by atoms with Crippen molar-refractivity contribution in [1.29, 1.82) is 0 Å². The summed E-state index contributed by atoms with van der Waals surface area (Å²) in [6.45, 7) is 3.15. The highest BCUT2D eigenvalue weighted by Gasteiger charge is 2.34.